The van der Waals surface area contributed by atoms with Crippen LogP contribution in [0.25, 0.3) is 0 Å². The van der Waals surface area contributed by atoms with Crippen LogP contribution in [0, 0.1) is 11.3 Å². The molecule has 6 nitrogen and oxygen atoms in total. The van der Waals surface area contributed by atoms with E-state index < -0.39 is 0 Å². The van der Waals surface area contributed by atoms with Gasteiger partial charge in [0.25, 0.3) is 0 Å². The van der Waals surface area contributed by atoms with Crippen molar-refractivity contribution in [2.75, 3.05) is 39.3 Å². The van der Waals surface area contributed by atoms with E-state index in [1.807, 2.05) is 11.8 Å². The Morgan fingerprint density at radius 1 is 0.872 bits per heavy atom. The van der Waals surface area contributed by atoms with Gasteiger partial charge in [0.2, 0.25) is 11.8 Å². The van der Waals surface area contributed by atoms with Gasteiger partial charge in [-0.05, 0) is 61.3 Å². The number of amides is 2. The van der Waals surface area contributed by atoms with Crippen molar-refractivity contribution in [3.63, 3.8) is 0 Å². The maximum Gasteiger partial charge on any atom is 0.223 e. The molecule has 0 saturated carbocycles. The molecule has 2 atom stereocenters. The van der Waals surface area contributed by atoms with Crippen molar-refractivity contribution in [3.8, 4) is 5.75 Å². The standard InChI is InChI=1S/C33H47N3O3/c1-7-39-29-15-13-28(14-16-29)33(6,27-11-9-8-10-12-27)35-21-22-36(30(24-35)32(3,4)5)31(38)23-26-17-19-34(20-18-26)25(2)37/h8-16,26,30H,7,17-24H2,1-6H3/t30-,33?/m1/s1. The molecule has 2 aliphatic heterocycles. The van der Waals surface area contributed by atoms with Crippen molar-refractivity contribution in [2.45, 2.75) is 72.4 Å². The molecule has 0 bridgehead atoms. The lowest BCUT2D eigenvalue weighted by molar-refractivity contribution is -0.142. The fourth-order valence-electron chi connectivity index (χ4n) is 6.38. The van der Waals surface area contributed by atoms with Crippen LogP contribution in [-0.2, 0) is 15.1 Å². The van der Waals surface area contributed by atoms with E-state index in [4.69, 9.17) is 4.74 Å². The predicted molar refractivity (Wildman–Crippen MR) is 157 cm³/mol. The van der Waals surface area contributed by atoms with Gasteiger partial charge in [-0.25, -0.2) is 0 Å². The molecule has 2 fully saturated rings. The SMILES string of the molecule is CCOc1ccc(C(C)(c2ccccc2)N2CCN(C(=O)CC3CCN(C(C)=O)CC3)[C@@H](C(C)(C)C)C2)cc1. The summed E-state index contributed by atoms with van der Waals surface area (Å²) in [5, 5.41) is 0. The fraction of sp³-hybridized carbons (Fsp3) is 0.576. The predicted octanol–water partition coefficient (Wildman–Crippen LogP) is 5.56. The largest absolute Gasteiger partial charge is 0.494 e. The molecule has 0 aliphatic carbocycles. The Labute approximate surface area is 235 Å². The number of nitrogens with zero attached hydrogens (tertiary/aromatic N) is 3. The second kappa shape index (κ2) is 12.1. The Bertz CT molecular complexity index is 1100. The van der Waals surface area contributed by atoms with E-state index in [-0.39, 0.29) is 28.8 Å². The molecular weight excluding hydrogens is 486 g/mol. The zero-order valence-electron chi connectivity index (χ0n) is 24.8. The lowest BCUT2D eigenvalue weighted by Gasteiger charge is -2.53. The zero-order valence-corrected chi connectivity index (χ0v) is 24.8. The highest BCUT2D eigenvalue weighted by Crippen LogP contribution is 2.40. The van der Waals surface area contributed by atoms with Gasteiger partial charge in [-0.15, -0.1) is 0 Å². The smallest absolute Gasteiger partial charge is 0.223 e. The molecule has 0 aromatic heterocycles. The topological polar surface area (TPSA) is 53.1 Å². The molecule has 0 radical (unpaired) electrons. The molecule has 39 heavy (non-hydrogen) atoms. The minimum absolute atomic E-state index is 0.0667. The first kappa shape index (κ1) is 29.1. The van der Waals surface area contributed by atoms with Gasteiger partial charge in [0.05, 0.1) is 12.1 Å². The van der Waals surface area contributed by atoms with Gasteiger partial charge in [-0.1, -0.05) is 63.2 Å². The van der Waals surface area contributed by atoms with Crippen LogP contribution in [0.2, 0.25) is 0 Å². The third kappa shape index (κ3) is 6.49. The molecule has 0 N–H and O–H groups in total. The second-order valence-electron chi connectivity index (χ2n) is 12.5. The summed E-state index contributed by atoms with van der Waals surface area (Å²) in [5.74, 6) is 1.63. The lowest BCUT2D eigenvalue weighted by Crippen LogP contribution is -2.63. The Kier molecular flexibility index (Phi) is 9.05. The molecule has 2 saturated heterocycles. The van der Waals surface area contributed by atoms with Crippen LogP contribution in [0.3, 0.4) is 0 Å². The van der Waals surface area contributed by atoms with Crippen molar-refractivity contribution in [3.05, 3.63) is 65.7 Å². The Morgan fingerprint density at radius 2 is 1.49 bits per heavy atom. The number of hydrogen-bond donors (Lipinski definition) is 0. The summed E-state index contributed by atoms with van der Waals surface area (Å²) in [5.41, 5.74) is 2.06. The minimum atomic E-state index is -0.343. The monoisotopic (exact) mass is 533 g/mol. The van der Waals surface area contributed by atoms with Gasteiger partial charge in [-0.2, -0.15) is 0 Å². The summed E-state index contributed by atoms with van der Waals surface area (Å²) in [6.45, 7) is 17.2. The highest BCUT2D eigenvalue weighted by molar-refractivity contribution is 5.77. The van der Waals surface area contributed by atoms with Crippen molar-refractivity contribution in [2.24, 2.45) is 11.3 Å². The lowest BCUT2D eigenvalue weighted by atomic mass is 9.78. The average molecular weight is 534 g/mol. The van der Waals surface area contributed by atoms with Crippen LogP contribution < -0.4 is 4.74 Å². The van der Waals surface area contributed by atoms with Gasteiger partial charge < -0.3 is 14.5 Å². The number of piperidine rings is 1. The number of ether oxygens (including phenoxy) is 1. The van der Waals surface area contributed by atoms with E-state index in [1.54, 1.807) is 6.92 Å². The molecule has 2 amide bonds. The number of carbonyl (C=O) groups excluding carboxylic acids is 2. The number of rotatable bonds is 7. The minimum Gasteiger partial charge on any atom is -0.494 e. The molecule has 2 heterocycles. The van der Waals surface area contributed by atoms with E-state index in [0.29, 0.717) is 25.5 Å². The van der Waals surface area contributed by atoms with Crippen LogP contribution in [0.4, 0.5) is 0 Å². The van der Waals surface area contributed by atoms with Crippen LogP contribution in [-0.4, -0.2) is 71.9 Å². The summed E-state index contributed by atoms with van der Waals surface area (Å²) in [4.78, 5) is 32.1. The van der Waals surface area contributed by atoms with E-state index in [9.17, 15) is 9.59 Å². The summed E-state index contributed by atoms with van der Waals surface area (Å²) < 4.78 is 5.73. The number of benzene rings is 2. The first-order valence-electron chi connectivity index (χ1n) is 14.6. The van der Waals surface area contributed by atoms with Crippen molar-refractivity contribution < 1.29 is 14.3 Å². The number of piperazine rings is 1. The van der Waals surface area contributed by atoms with E-state index >= 15 is 0 Å². The molecule has 6 heteroatoms. The van der Waals surface area contributed by atoms with E-state index in [2.05, 4.69) is 92.1 Å². The Balaban J connectivity index is 1.57. The van der Waals surface area contributed by atoms with Crippen LogP contribution in [0.5, 0.6) is 5.75 Å². The van der Waals surface area contributed by atoms with Crippen molar-refractivity contribution in [1.82, 2.24) is 14.7 Å². The van der Waals surface area contributed by atoms with E-state index in [1.165, 1.54) is 11.1 Å². The van der Waals surface area contributed by atoms with Gasteiger partial charge in [-0.3, -0.25) is 14.5 Å². The van der Waals surface area contributed by atoms with Gasteiger partial charge in [0.15, 0.2) is 0 Å². The third-order valence-corrected chi connectivity index (χ3v) is 8.92. The zero-order chi connectivity index (χ0) is 28.2. The van der Waals surface area contributed by atoms with E-state index in [0.717, 1.165) is 44.8 Å². The average Bonchev–Trinajstić information content (AvgIpc) is 2.93. The first-order chi connectivity index (χ1) is 18.5. The van der Waals surface area contributed by atoms with Gasteiger partial charge in [0, 0.05) is 52.1 Å². The van der Waals surface area contributed by atoms with Gasteiger partial charge in [0.1, 0.15) is 5.75 Å². The second-order valence-corrected chi connectivity index (χ2v) is 12.5. The molecule has 2 aliphatic rings. The Morgan fingerprint density at radius 3 is 2.05 bits per heavy atom. The third-order valence-electron chi connectivity index (χ3n) is 8.92. The first-order valence-corrected chi connectivity index (χ1v) is 14.6. The van der Waals surface area contributed by atoms with Crippen LogP contribution in [0.1, 0.15) is 71.9 Å². The summed E-state index contributed by atoms with van der Waals surface area (Å²) in [7, 11) is 0. The molecule has 212 valence electrons. The maximum absolute atomic E-state index is 13.7. The Hall–Kier alpha value is -2.86. The highest BCUT2D eigenvalue weighted by Gasteiger charge is 2.45. The summed E-state index contributed by atoms with van der Waals surface area (Å²) >= 11 is 0. The quantitative estimate of drug-likeness (QED) is 0.468. The highest BCUT2D eigenvalue weighted by atomic mass is 16.5. The molecule has 2 aromatic rings. The maximum atomic E-state index is 13.7. The summed E-state index contributed by atoms with van der Waals surface area (Å²) in [6.07, 6.45) is 2.40. The van der Waals surface area contributed by atoms with Crippen molar-refractivity contribution in [1.29, 1.82) is 0 Å². The molecule has 0 spiro atoms. The molecular formula is C33H47N3O3. The number of carbonyl (C=O) groups is 2. The molecule has 1 unspecified atom stereocenters. The fourth-order valence-corrected chi connectivity index (χ4v) is 6.38. The normalized spacial score (nSPS) is 20.9. The number of hydrogen-bond acceptors (Lipinski definition) is 4. The van der Waals surface area contributed by atoms with Gasteiger partial charge >= 0.3 is 0 Å². The number of likely N-dealkylation sites (tertiary alicyclic amines) is 1. The van der Waals surface area contributed by atoms with Crippen LogP contribution in [0.15, 0.2) is 54.6 Å². The molecule has 2 aromatic carbocycles. The molecule has 4 rings (SSSR count). The van der Waals surface area contributed by atoms with Crippen LogP contribution >= 0.6 is 0 Å². The van der Waals surface area contributed by atoms with Crippen molar-refractivity contribution >= 4 is 11.8 Å². The summed E-state index contributed by atoms with van der Waals surface area (Å²) in [6, 6.07) is 19.3.